The predicted octanol–water partition coefficient (Wildman–Crippen LogP) is 5.13. The molecule has 0 amide bonds. The molecule has 0 spiro atoms. The van der Waals surface area contributed by atoms with E-state index in [4.69, 9.17) is 0 Å². The summed E-state index contributed by atoms with van der Waals surface area (Å²) in [6.45, 7) is 12.8. The Morgan fingerprint density at radius 2 is 1.39 bits per heavy atom. The van der Waals surface area contributed by atoms with Crippen LogP contribution in [0.25, 0.3) is 0 Å². The minimum atomic E-state index is -5.24. The van der Waals surface area contributed by atoms with Crippen LogP contribution in [0.3, 0.4) is 0 Å². The van der Waals surface area contributed by atoms with Gasteiger partial charge in [0.2, 0.25) is 0 Å². The SMILES string of the molecule is CC(C)(C)c1cc(CSc2nnc(C(O)(O)C(F)(F)F)s2)cc(C(C)(C)C)c1. The molecule has 0 radical (unpaired) electrons. The number of hydrogen-bond donors (Lipinski definition) is 2. The zero-order valence-electron chi connectivity index (χ0n) is 16.7. The van der Waals surface area contributed by atoms with Crippen molar-refractivity contribution in [2.24, 2.45) is 0 Å². The van der Waals surface area contributed by atoms with Gasteiger partial charge in [-0.3, -0.25) is 0 Å². The van der Waals surface area contributed by atoms with Crippen molar-refractivity contribution in [1.82, 2.24) is 10.2 Å². The lowest BCUT2D eigenvalue weighted by atomic mass is 9.80. The maximum atomic E-state index is 12.7. The number of halogens is 3. The van der Waals surface area contributed by atoms with Crippen LogP contribution < -0.4 is 0 Å². The van der Waals surface area contributed by atoms with Crippen molar-refractivity contribution in [3.05, 3.63) is 39.9 Å². The minimum Gasteiger partial charge on any atom is -0.353 e. The highest BCUT2D eigenvalue weighted by molar-refractivity contribution is 8.00. The molecule has 156 valence electrons. The molecule has 0 fully saturated rings. The van der Waals surface area contributed by atoms with Gasteiger partial charge < -0.3 is 10.2 Å². The van der Waals surface area contributed by atoms with E-state index in [2.05, 4.69) is 69.9 Å². The maximum Gasteiger partial charge on any atom is 0.450 e. The summed E-state index contributed by atoms with van der Waals surface area (Å²) in [5, 5.41) is 24.7. The van der Waals surface area contributed by atoms with Crippen molar-refractivity contribution in [2.75, 3.05) is 0 Å². The van der Waals surface area contributed by atoms with Crippen molar-refractivity contribution in [1.29, 1.82) is 0 Å². The van der Waals surface area contributed by atoms with Crippen LogP contribution in [0.1, 0.15) is 63.2 Å². The first-order chi connectivity index (χ1) is 12.5. The van der Waals surface area contributed by atoms with Crippen molar-refractivity contribution in [3.8, 4) is 0 Å². The third-order valence-corrected chi connectivity index (χ3v) is 6.41. The molecule has 0 saturated carbocycles. The van der Waals surface area contributed by atoms with Gasteiger partial charge in [0.1, 0.15) is 0 Å². The predicted molar refractivity (Wildman–Crippen MR) is 105 cm³/mol. The second kappa shape index (κ2) is 7.59. The third-order valence-electron chi connectivity index (χ3n) is 4.19. The van der Waals surface area contributed by atoms with Gasteiger partial charge in [-0.2, -0.15) is 13.2 Å². The molecule has 1 aromatic carbocycles. The van der Waals surface area contributed by atoms with Gasteiger partial charge in [0.15, 0.2) is 9.35 Å². The standard InChI is InChI=1S/C19H25F3N2O2S2/c1-16(2,3)12-7-11(8-13(9-12)17(4,5)6)10-27-15-24-23-14(28-15)18(25,26)19(20,21)22/h7-9,25-26H,10H2,1-6H3. The molecule has 0 aliphatic rings. The van der Waals surface area contributed by atoms with Gasteiger partial charge in [-0.25, -0.2) is 0 Å². The monoisotopic (exact) mass is 434 g/mol. The van der Waals surface area contributed by atoms with Gasteiger partial charge >= 0.3 is 12.0 Å². The van der Waals surface area contributed by atoms with E-state index < -0.39 is 17.0 Å². The molecule has 9 heteroatoms. The number of alkyl halides is 3. The van der Waals surface area contributed by atoms with Crippen molar-refractivity contribution in [3.63, 3.8) is 0 Å². The Labute approximate surface area is 171 Å². The molecule has 0 unspecified atom stereocenters. The van der Waals surface area contributed by atoms with E-state index in [0.29, 0.717) is 17.1 Å². The molecule has 1 aromatic heterocycles. The van der Waals surface area contributed by atoms with Gasteiger partial charge in [0.05, 0.1) is 0 Å². The van der Waals surface area contributed by atoms with E-state index in [1.807, 2.05) is 0 Å². The molecule has 4 nitrogen and oxygen atoms in total. The summed E-state index contributed by atoms with van der Waals surface area (Å²) >= 11 is 1.74. The fourth-order valence-corrected chi connectivity index (χ4v) is 4.11. The Balaban J connectivity index is 2.26. The van der Waals surface area contributed by atoms with Gasteiger partial charge in [-0.1, -0.05) is 82.8 Å². The summed E-state index contributed by atoms with van der Waals surface area (Å²) in [4.78, 5) is 0. The quantitative estimate of drug-likeness (QED) is 0.516. The molecule has 0 aliphatic carbocycles. The van der Waals surface area contributed by atoms with E-state index in [1.54, 1.807) is 0 Å². The number of hydrogen-bond acceptors (Lipinski definition) is 6. The Morgan fingerprint density at radius 3 is 1.82 bits per heavy atom. The average molecular weight is 435 g/mol. The lowest BCUT2D eigenvalue weighted by molar-refractivity contribution is -0.358. The molecule has 2 rings (SSSR count). The fraction of sp³-hybridized carbons (Fsp3) is 0.579. The number of benzene rings is 1. The molecule has 0 saturated heterocycles. The molecular formula is C19H25F3N2O2S2. The summed E-state index contributed by atoms with van der Waals surface area (Å²) in [6.07, 6.45) is -5.24. The van der Waals surface area contributed by atoms with E-state index >= 15 is 0 Å². The van der Waals surface area contributed by atoms with Crippen LogP contribution >= 0.6 is 23.1 Å². The van der Waals surface area contributed by atoms with Gasteiger partial charge in [-0.05, 0) is 27.5 Å². The zero-order chi connectivity index (χ0) is 21.5. The lowest BCUT2D eigenvalue weighted by Crippen LogP contribution is -2.41. The number of nitrogens with zero attached hydrogens (tertiary/aromatic N) is 2. The summed E-state index contributed by atoms with van der Waals surface area (Å²) in [6, 6.07) is 6.36. The van der Waals surface area contributed by atoms with Gasteiger partial charge in [0.25, 0.3) is 0 Å². The van der Waals surface area contributed by atoms with Crippen LogP contribution in [0.2, 0.25) is 0 Å². The van der Waals surface area contributed by atoms with E-state index in [-0.39, 0.29) is 15.2 Å². The van der Waals surface area contributed by atoms with Crippen LogP contribution in [0.5, 0.6) is 0 Å². The molecule has 2 N–H and O–H groups in total. The Bertz CT molecular complexity index is 803. The largest absolute Gasteiger partial charge is 0.450 e. The second-order valence-electron chi connectivity index (χ2n) is 8.75. The zero-order valence-corrected chi connectivity index (χ0v) is 18.3. The third kappa shape index (κ3) is 5.25. The first-order valence-corrected chi connectivity index (χ1v) is 10.5. The Hall–Kier alpha value is -1.16. The van der Waals surface area contributed by atoms with Crippen LogP contribution in [0.4, 0.5) is 13.2 Å². The normalized spacial score (nSPS) is 13.8. The maximum absolute atomic E-state index is 12.7. The summed E-state index contributed by atoms with van der Waals surface area (Å²) in [5.41, 5.74) is 3.28. The van der Waals surface area contributed by atoms with Gasteiger partial charge in [-0.15, -0.1) is 10.2 Å². The van der Waals surface area contributed by atoms with Crippen molar-refractivity contribution in [2.45, 2.75) is 74.4 Å². The Morgan fingerprint density at radius 1 is 0.893 bits per heavy atom. The van der Waals surface area contributed by atoms with Crippen LogP contribution in [-0.2, 0) is 22.4 Å². The average Bonchev–Trinajstić information content (AvgIpc) is 2.99. The molecule has 2 aromatic rings. The molecule has 0 atom stereocenters. The van der Waals surface area contributed by atoms with Crippen LogP contribution in [-0.4, -0.2) is 26.6 Å². The van der Waals surface area contributed by atoms with Crippen molar-refractivity contribution >= 4 is 23.1 Å². The fourth-order valence-electron chi connectivity index (χ4n) is 2.32. The lowest BCUT2D eigenvalue weighted by Gasteiger charge is -2.26. The minimum absolute atomic E-state index is 0.0450. The van der Waals surface area contributed by atoms with Crippen LogP contribution in [0.15, 0.2) is 22.5 Å². The van der Waals surface area contributed by atoms with Gasteiger partial charge in [0, 0.05) is 5.75 Å². The summed E-state index contributed by atoms with van der Waals surface area (Å²) in [7, 11) is 0. The topological polar surface area (TPSA) is 66.2 Å². The van der Waals surface area contributed by atoms with E-state index in [9.17, 15) is 23.4 Å². The number of thioether (sulfide) groups is 1. The first-order valence-electron chi connectivity index (χ1n) is 8.65. The summed E-state index contributed by atoms with van der Waals surface area (Å²) < 4.78 is 38.4. The summed E-state index contributed by atoms with van der Waals surface area (Å²) in [5.74, 6) is -3.51. The molecule has 28 heavy (non-hydrogen) atoms. The molecule has 0 aliphatic heterocycles. The highest BCUT2D eigenvalue weighted by Crippen LogP contribution is 2.40. The molecule has 1 heterocycles. The highest BCUT2D eigenvalue weighted by atomic mass is 32.2. The van der Waals surface area contributed by atoms with Crippen molar-refractivity contribution < 1.29 is 23.4 Å². The smallest absolute Gasteiger partial charge is 0.353 e. The van der Waals surface area contributed by atoms with Crippen LogP contribution in [0, 0.1) is 0 Å². The number of rotatable bonds is 4. The number of aliphatic hydroxyl groups is 2. The van der Waals surface area contributed by atoms with E-state index in [1.165, 1.54) is 22.9 Å². The number of aromatic nitrogens is 2. The molecular weight excluding hydrogens is 409 g/mol. The first kappa shape index (κ1) is 23.1. The molecule has 0 bridgehead atoms. The highest BCUT2D eigenvalue weighted by Gasteiger charge is 2.57. The Kier molecular flexibility index (Phi) is 6.27. The second-order valence-corrected chi connectivity index (χ2v) is 11.0. The van der Waals surface area contributed by atoms with E-state index in [0.717, 1.165) is 5.56 Å².